The van der Waals surface area contributed by atoms with Crippen molar-refractivity contribution in [3.63, 3.8) is 0 Å². The molecule has 1 aromatic rings. The Hall–Kier alpha value is -0.570. The highest BCUT2D eigenvalue weighted by atomic mass is 32.1. The van der Waals surface area contributed by atoms with Gasteiger partial charge in [0.15, 0.2) is 0 Å². The van der Waals surface area contributed by atoms with Crippen molar-refractivity contribution in [1.29, 1.82) is 0 Å². The van der Waals surface area contributed by atoms with Gasteiger partial charge in [0.1, 0.15) is 0 Å². The van der Waals surface area contributed by atoms with E-state index in [9.17, 15) is 4.39 Å². The van der Waals surface area contributed by atoms with E-state index in [1.165, 1.54) is 6.07 Å². The minimum absolute atomic E-state index is 0.443. The molecular weight excluding hydrogens is 137 g/mol. The lowest BCUT2D eigenvalue weighted by Gasteiger charge is -1.91. The number of hydrogen-bond acceptors (Lipinski definition) is 2. The predicted octanol–water partition coefficient (Wildman–Crippen LogP) is 1.65. The van der Waals surface area contributed by atoms with Crippen molar-refractivity contribution in [2.75, 3.05) is 0 Å². The van der Waals surface area contributed by atoms with E-state index in [4.69, 9.17) is 0 Å². The monoisotopic (exact) mass is 143 g/mol. The van der Waals surface area contributed by atoms with Gasteiger partial charge in [-0.1, -0.05) is 6.07 Å². The molecule has 0 atom stereocenters. The first-order valence-electron chi connectivity index (χ1n) is 2.55. The summed E-state index contributed by atoms with van der Waals surface area (Å²) in [6.45, 7) is 0. The Morgan fingerprint density at radius 3 is 2.78 bits per heavy atom. The molecule has 1 aromatic heterocycles. The smallest absolute Gasteiger partial charge is 0.213 e. The minimum Gasteiger partial charge on any atom is -0.224 e. The van der Waals surface area contributed by atoms with Gasteiger partial charge >= 0.3 is 0 Å². The summed E-state index contributed by atoms with van der Waals surface area (Å²) in [6, 6.07) is 4.66. The maximum atomic E-state index is 12.2. The van der Waals surface area contributed by atoms with Crippen LogP contribution in [0.25, 0.3) is 0 Å². The average molecular weight is 143 g/mol. The maximum absolute atomic E-state index is 12.2. The third-order valence-corrected chi connectivity index (χ3v) is 1.26. The number of nitrogens with zero attached hydrogens (tertiary/aromatic N) is 1. The van der Waals surface area contributed by atoms with Crippen molar-refractivity contribution < 1.29 is 4.39 Å². The van der Waals surface area contributed by atoms with E-state index < -0.39 is 5.95 Å². The standard InChI is InChI=1S/C6H6FNS/c7-6-3-1-2-5(4-9)8-6/h1-3,9H,4H2. The highest BCUT2D eigenvalue weighted by molar-refractivity contribution is 7.79. The van der Waals surface area contributed by atoms with E-state index in [2.05, 4.69) is 17.6 Å². The molecule has 1 nitrogen and oxygen atoms in total. The lowest BCUT2D eigenvalue weighted by molar-refractivity contribution is 0.579. The number of halogens is 1. The van der Waals surface area contributed by atoms with Crippen LogP contribution in [0, 0.1) is 5.95 Å². The molecule has 0 spiro atoms. The van der Waals surface area contributed by atoms with E-state index in [1.807, 2.05) is 0 Å². The van der Waals surface area contributed by atoms with Crippen LogP contribution in [0.4, 0.5) is 4.39 Å². The zero-order valence-electron chi connectivity index (χ0n) is 4.71. The maximum Gasteiger partial charge on any atom is 0.213 e. The normalized spacial score (nSPS) is 9.56. The molecule has 0 saturated carbocycles. The van der Waals surface area contributed by atoms with Crippen molar-refractivity contribution in [3.05, 3.63) is 29.8 Å². The van der Waals surface area contributed by atoms with Gasteiger partial charge in [0, 0.05) is 5.75 Å². The van der Waals surface area contributed by atoms with E-state index >= 15 is 0 Å². The molecule has 0 aromatic carbocycles. The second-order valence-electron chi connectivity index (χ2n) is 1.61. The van der Waals surface area contributed by atoms with Crippen LogP contribution < -0.4 is 0 Å². The van der Waals surface area contributed by atoms with Crippen molar-refractivity contribution in [2.24, 2.45) is 0 Å². The summed E-state index contributed by atoms with van der Waals surface area (Å²) in [6.07, 6.45) is 0. The van der Waals surface area contributed by atoms with Crippen molar-refractivity contribution >= 4 is 12.6 Å². The Balaban J connectivity index is 2.94. The Morgan fingerprint density at radius 2 is 2.33 bits per heavy atom. The van der Waals surface area contributed by atoms with Crippen molar-refractivity contribution in [2.45, 2.75) is 5.75 Å². The molecule has 0 aliphatic heterocycles. The molecule has 1 rings (SSSR count). The number of hydrogen-bond donors (Lipinski definition) is 1. The Kier molecular flexibility index (Phi) is 2.05. The molecule has 9 heavy (non-hydrogen) atoms. The quantitative estimate of drug-likeness (QED) is 0.466. The topological polar surface area (TPSA) is 12.9 Å². The summed E-state index contributed by atoms with van der Waals surface area (Å²) >= 11 is 3.93. The first-order valence-corrected chi connectivity index (χ1v) is 3.18. The molecule has 0 fully saturated rings. The summed E-state index contributed by atoms with van der Waals surface area (Å²) in [5.41, 5.74) is 0.665. The SMILES string of the molecule is Fc1cccc(CS)n1. The van der Waals surface area contributed by atoms with Crippen LogP contribution in [0.5, 0.6) is 0 Å². The Labute approximate surface area is 58.3 Å². The first-order chi connectivity index (χ1) is 4.33. The first kappa shape index (κ1) is 6.55. The fourth-order valence-corrected chi connectivity index (χ4v) is 0.714. The van der Waals surface area contributed by atoms with Crippen molar-refractivity contribution in [3.8, 4) is 0 Å². The summed E-state index contributed by atoms with van der Waals surface area (Å²) in [5.74, 6) is 0.0409. The van der Waals surface area contributed by atoms with Crippen LogP contribution >= 0.6 is 12.6 Å². The minimum atomic E-state index is -0.443. The van der Waals surface area contributed by atoms with E-state index in [-0.39, 0.29) is 0 Å². The molecule has 0 unspecified atom stereocenters. The molecule has 0 aliphatic rings. The average Bonchev–Trinajstić information content (AvgIpc) is 1.88. The molecule has 0 N–H and O–H groups in total. The van der Waals surface area contributed by atoms with Gasteiger partial charge in [-0.2, -0.15) is 17.0 Å². The largest absolute Gasteiger partial charge is 0.224 e. The number of aromatic nitrogens is 1. The fourth-order valence-electron chi connectivity index (χ4n) is 0.538. The van der Waals surface area contributed by atoms with E-state index in [0.29, 0.717) is 11.4 Å². The summed E-state index contributed by atoms with van der Waals surface area (Å²) in [4.78, 5) is 3.55. The number of rotatable bonds is 1. The molecular formula is C6H6FNS. The molecule has 3 heteroatoms. The molecule has 0 bridgehead atoms. The van der Waals surface area contributed by atoms with Crippen LogP contribution in [0.1, 0.15) is 5.69 Å². The van der Waals surface area contributed by atoms with Crippen LogP contribution in [0.15, 0.2) is 18.2 Å². The molecule has 0 radical (unpaired) electrons. The van der Waals surface area contributed by atoms with Gasteiger partial charge in [0.2, 0.25) is 5.95 Å². The Morgan fingerprint density at radius 1 is 1.56 bits per heavy atom. The zero-order chi connectivity index (χ0) is 6.69. The van der Waals surface area contributed by atoms with Crippen LogP contribution in [-0.2, 0) is 5.75 Å². The molecule has 0 aliphatic carbocycles. The summed E-state index contributed by atoms with van der Waals surface area (Å²) in [7, 11) is 0. The van der Waals surface area contributed by atoms with Crippen LogP contribution in [0.3, 0.4) is 0 Å². The molecule has 48 valence electrons. The van der Waals surface area contributed by atoms with Crippen molar-refractivity contribution in [1.82, 2.24) is 4.98 Å². The second kappa shape index (κ2) is 2.82. The van der Waals surface area contributed by atoms with Gasteiger partial charge in [-0.15, -0.1) is 0 Å². The number of thiol groups is 1. The summed E-state index contributed by atoms with van der Waals surface area (Å²) in [5, 5.41) is 0. The summed E-state index contributed by atoms with van der Waals surface area (Å²) < 4.78 is 12.2. The third-order valence-electron chi connectivity index (χ3n) is 0.935. The van der Waals surface area contributed by atoms with Gasteiger partial charge in [0.05, 0.1) is 5.69 Å². The lowest BCUT2D eigenvalue weighted by Crippen LogP contribution is -1.86. The van der Waals surface area contributed by atoms with Gasteiger partial charge < -0.3 is 0 Å². The Bertz CT molecular complexity index is 202. The van der Waals surface area contributed by atoms with Gasteiger partial charge in [-0.25, -0.2) is 4.98 Å². The van der Waals surface area contributed by atoms with Gasteiger partial charge in [-0.05, 0) is 12.1 Å². The van der Waals surface area contributed by atoms with Gasteiger partial charge in [-0.3, -0.25) is 0 Å². The highest BCUT2D eigenvalue weighted by Crippen LogP contribution is 1.99. The molecule has 0 saturated heterocycles. The predicted molar refractivity (Wildman–Crippen MR) is 36.9 cm³/mol. The molecule has 1 heterocycles. The van der Waals surface area contributed by atoms with E-state index in [0.717, 1.165) is 0 Å². The second-order valence-corrected chi connectivity index (χ2v) is 1.93. The highest BCUT2D eigenvalue weighted by Gasteiger charge is 1.91. The van der Waals surface area contributed by atoms with Crippen LogP contribution in [-0.4, -0.2) is 4.98 Å². The number of pyridine rings is 1. The van der Waals surface area contributed by atoms with E-state index in [1.54, 1.807) is 12.1 Å². The molecule has 0 amide bonds. The third kappa shape index (κ3) is 1.68. The zero-order valence-corrected chi connectivity index (χ0v) is 5.61. The van der Waals surface area contributed by atoms with Gasteiger partial charge in [0.25, 0.3) is 0 Å². The van der Waals surface area contributed by atoms with Crippen LogP contribution in [0.2, 0.25) is 0 Å². The fraction of sp³-hybridized carbons (Fsp3) is 0.167. The lowest BCUT2D eigenvalue weighted by atomic mass is 10.4.